The Balaban J connectivity index is 3.20. The summed E-state index contributed by atoms with van der Waals surface area (Å²) in [6.45, 7) is 0. The van der Waals surface area contributed by atoms with Crippen molar-refractivity contribution in [2.75, 3.05) is 0 Å². The Morgan fingerprint density at radius 2 is 1.67 bits per heavy atom. The van der Waals surface area contributed by atoms with Gasteiger partial charge >= 0.3 is 5.69 Å². The number of nitrogens with one attached hydrogen (secondary N) is 3. The highest BCUT2D eigenvalue weighted by atomic mass is 35.5. The van der Waals surface area contributed by atoms with Crippen LogP contribution >= 0.6 is 11.6 Å². The Bertz CT molecular complexity index is 711. The third-order valence-corrected chi connectivity index (χ3v) is 2.18. The van der Waals surface area contributed by atoms with Crippen LogP contribution in [-0.2, 0) is 0 Å². The predicted octanol–water partition coefficient (Wildman–Crippen LogP) is -0.736. The maximum absolute atomic E-state index is 11.3. The highest BCUT2D eigenvalue weighted by molar-refractivity contribution is 6.32. The Morgan fingerprint density at radius 3 is 2.33 bits per heavy atom. The minimum atomic E-state index is -0.829. The van der Waals surface area contributed by atoms with Crippen LogP contribution < -0.4 is 16.8 Å². The molecule has 0 fully saturated rings. The maximum atomic E-state index is 11.3. The first-order chi connectivity index (χ1) is 7.00. The first kappa shape index (κ1) is 9.53. The van der Waals surface area contributed by atoms with Gasteiger partial charge in [0.2, 0.25) is 0 Å². The van der Waals surface area contributed by atoms with Crippen LogP contribution in [0.15, 0.2) is 14.4 Å². The second kappa shape index (κ2) is 2.99. The number of H-pyrrole nitrogens is 3. The first-order valence-electron chi connectivity index (χ1n) is 3.77. The molecule has 2 rings (SSSR count). The van der Waals surface area contributed by atoms with E-state index in [0.29, 0.717) is 0 Å². The third-order valence-electron chi connectivity index (χ3n) is 1.83. The monoisotopic (exact) mass is 229 g/mol. The molecular weight excluding hydrogens is 226 g/mol. The predicted molar refractivity (Wildman–Crippen MR) is 52.5 cm³/mol. The number of halogens is 1. The molecule has 2 aromatic rings. The van der Waals surface area contributed by atoms with Crippen LogP contribution in [0.2, 0.25) is 5.02 Å². The summed E-state index contributed by atoms with van der Waals surface area (Å²) in [5, 5.41) is 8.65. The zero-order valence-corrected chi connectivity index (χ0v) is 7.81. The van der Waals surface area contributed by atoms with Crippen LogP contribution in [0, 0.1) is 0 Å². The molecule has 0 spiro atoms. The van der Waals surface area contributed by atoms with E-state index in [0.717, 1.165) is 0 Å². The average molecular weight is 230 g/mol. The molecule has 0 bridgehead atoms. The normalized spacial score (nSPS) is 10.7. The van der Waals surface area contributed by atoms with Gasteiger partial charge in [-0.2, -0.15) is 0 Å². The molecule has 2 heterocycles. The van der Waals surface area contributed by atoms with Gasteiger partial charge in [0.25, 0.3) is 11.1 Å². The topological polar surface area (TPSA) is 119 Å². The minimum Gasteiger partial charge on any atom is -0.505 e. The number of aromatic nitrogens is 3. The van der Waals surface area contributed by atoms with Crippen molar-refractivity contribution in [1.82, 2.24) is 15.0 Å². The van der Waals surface area contributed by atoms with E-state index >= 15 is 0 Å². The van der Waals surface area contributed by atoms with E-state index < -0.39 is 27.6 Å². The van der Waals surface area contributed by atoms with Crippen molar-refractivity contribution in [1.29, 1.82) is 0 Å². The first-order valence-corrected chi connectivity index (χ1v) is 4.15. The molecule has 0 aliphatic heterocycles. The molecule has 0 unspecified atom stereocenters. The quantitative estimate of drug-likeness (QED) is 0.476. The zero-order valence-electron chi connectivity index (χ0n) is 7.05. The zero-order chi connectivity index (χ0) is 11.2. The number of aromatic amines is 3. The summed E-state index contributed by atoms with van der Waals surface area (Å²) in [6.07, 6.45) is 0. The highest BCUT2D eigenvalue weighted by Gasteiger charge is 2.13. The fourth-order valence-corrected chi connectivity index (χ4v) is 1.33. The van der Waals surface area contributed by atoms with Gasteiger partial charge in [-0.3, -0.25) is 19.6 Å². The highest BCUT2D eigenvalue weighted by Crippen LogP contribution is 2.22. The molecule has 2 aromatic heterocycles. The van der Waals surface area contributed by atoms with Crippen molar-refractivity contribution >= 4 is 22.6 Å². The van der Waals surface area contributed by atoms with Gasteiger partial charge in [0.15, 0.2) is 5.75 Å². The van der Waals surface area contributed by atoms with Gasteiger partial charge in [0.1, 0.15) is 16.1 Å². The molecule has 0 aliphatic rings. The van der Waals surface area contributed by atoms with Crippen LogP contribution in [0.25, 0.3) is 11.0 Å². The van der Waals surface area contributed by atoms with Crippen LogP contribution in [0.5, 0.6) is 5.75 Å². The molecule has 0 radical (unpaired) electrons. The molecular formula is C7H4ClN3O4. The van der Waals surface area contributed by atoms with Crippen molar-refractivity contribution in [3.63, 3.8) is 0 Å². The van der Waals surface area contributed by atoms with Gasteiger partial charge in [-0.1, -0.05) is 11.6 Å². The summed E-state index contributed by atoms with van der Waals surface area (Å²) in [7, 11) is 0. The second-order valence-corrected chi connectivity index (χ2v) is 3.15. The Hall–Kier alpha value is -2.02. The summed E-state index contributed by atoms with van der Waals surface area (Å²) in [4.78, 5) is 39.4. The largest absolute Gasteiger partial charge is 0.505 e. The summed E-state index contributed by atoms with van der Waals surface area (Å²) in [5.74, 6) is -0.659. The van der Waals surface area contributed by atoms with E-state index in [1.54, 1.807) is 0 Å². The number of pyridine rings is 1. The van der Waals surface area contributed by atoms with Gasteiger partial charge in [0.05, 0.1) is 0 Å². The fourth-order valence-electron chi connectivity index (χ4n) is 1.19. The maximum Gasteiger partial charge on any atom is 0.327 e. The SMILES string of the molecule is O=c1[nH]c(=O)c2c(O)c(Cl)c(=O)[nH]c2[nH]1. The standard InChI is InChI=1S/C7H4ClN3O4/c8-2-3(12)1-4(9-6(2)14)10-7(15)11-5(1)13/h(H4,9,10,11,12,13,14,15). The van der Waals surface area contributed by atoms with E-state index in [2.05, 4.69) is 9.97 Å². The van der Waals surface area contributed by atoms with E-state index in [1.807, 2.05) is 4.98 Å². The van der Waals surface area contributed by atoms with E-state index in [1.165, 1.54) is 0 Å². The molecule has 7 nitrogen and oxygen atoms in total. The van der Waals surface area contributed by atoms with Crippen LogP contribution in [0.1, 0.15) is 0 Å². The van der Waals surface area contributed by atoms with Gasteiger partial charge in [-0.15, -0.1) is 0 Å². The number of rotatable bonds is 0. The molecule has 0 amide bonds. The van der Waals surface area contributed by atoms with Gasteiger partial charge in [-0.05, 0) is 0 Å². The van der Waals surface area contributed by atoms with Crippen molar-refractivity contribution in [2.45, 2.75) is 0 Å². The molecule has 8 heteroatoms. The van der Waals surface area contributed by atoms with Crippen molar-refractivity contribution < 1.29 is 5.11 Å². The van der Waals surface area contributed by atoms with E-state index in [4.69, 9.17) is 11.6 Å². The average Bonchev–Trinajstić information content (AvgIpc) is 2.13. The Morgan fingerprint density at radius 1 is 1.00 bits per heavy atom. The molecule has 0 aromatic carbocycles. The molecule has 78 valence electrons. The van der Waals surface area contributed by atoms with Crippen molar-refractivity contribution in [3.8, 4) is 5.75 Å². The summed E-state index contributed by atoms with van der Waals surface area (Å²) < 4.78 is 0. The summed E-state index contributed by atoms with van der Waals surface area (Å²) >= 11 is 5.43. The number of hydrogen-bond donors (Lipinski definition) is 4. The lowest BCUT2D eigenvalue weighted by Gasteiger charge is -2.00. The lowest BCUT2D eigenvalue weighted by molar-refractivity contribution is 0.480. The van der Waals surface area contributed by atoms with Gasteiger partial charge < -0.3 is 10.1 Å². The van der Waals surface area contributed by atoms with Gasteiger partial charge in [-0.25, -0.2) is 4.79 Å². The smallest absolute Gasteiger partial charge is 0.327 e. The molecule has 0 saturated heterocycles. The Labute approximate surface area is 85.4 Å². The molecule has 15 heavy (non-hydrogen) atoms. The van der Waals surface area contributed by atoms with Crippen molar-refractivity contribution in [2.24, 2.45) is 0 Å². The lowest BCUT2D eigenvalue weighted by Crippen LogP contribution is -2.24. The summed E-state index contributed by atoms with van der Waals surface area (Å²) in [6, 6.07) is 0. The van der Waals surface area contributed by atoms with Gasteiger partial charge in [0, 0.05) is 0 Å². The van der Waals surface area contributed by atoms with Crippen LogP contribution in [-0.4, -0.2) is 20.1 Å². The summed E-state index contributed by atoms with van der Waals surface area (Å²) in [5.41, 5.74) is -2.58. The lowest BCUT2D eigenvalue weighted by atomic mass is 10.3. The molecule has 0 atom stereocenters. The third kappa shape index (κ3) is 1.33. The molecule has 0 aliphatic carbocycles. The van der Waals surface area contributed by atoms with Crippen LogP contribution in [0.3, 0.4) is 0 Å². The Kier molecular flexibility index (Phi) is 1.90. The number of fused-ring (bicyclic) bond motifs is 1. The second-order valence-electron chi connectivity index (χ2n) is 2.77. The number of hydrogen-bond acceptors (Lipinski definition) is 4. The van der Waals surface area contributed by atoms with Crippen molar-refractivity contribution in [3.05, 3.63) is 36.2 Å². The van der Waals surface area contributed by atoms with Crippen LogP contribution in [0.4, 0.5) is 0 Å². The minimum absolute atomic E-state index is 0.171. The molecule has 4 N–H and O–H groups in total. The number of aromatic hydroxyl groups is 1. The molecule has 0 saturated carbocycles. The van der Waals surface area contributed by atoms with E-state index in [-0.39, 0.29) is 11.0 Å². The fraction of sp³-hybridized carbons (Fsp3) is 0. The van der Waals surface area contributed by atoms with E-state index in [9.17, 15) is 19.5 Å².